The molecule has 0 aliphatic carbocycles. The molecule has 0 unspecified atom stereocenters. The largest absolute Gasteiger partial charge is 0.488 e. The minimum absolute atomic E-state index is 0.212. The van der Waals surface area contributed by atoms with Crippen LogP contribution in [0.15, 0.2) is 83.9 Å². The predicted molar refractivity (Wildman–Crippen MR) is 112 cm³/mol. The minimum atomic E-state index is -0.308. The fourth-order valence-corrected chi connectivity index (χ4v) is 2.96. The average Bonchev–Trinajstić information content (AvgIpc) is 2.80. The number of hydrogen-bond donors (Lipinski definition) is 2. The van der Waals surface area contributed by atoms with Crippen molar-refractivity contribution in [3.05, 3.63) is 95.7 Å². The van der Waals surface area contributed by atoms with Crippen molar-refractivity contribution < 1.29 is 13.9 Å². The summed E-state index contributed by atoms with van der Waals surface area (Å²) < 4.78 is 19.0. The van der Waals surface area contributed by atoms with Crippen molar-refractivity contribution in [1.29, 1.82) is 0 Å². The summed E-state index contributed by atoms with van der Waals surface area (Å²) in [4.78, 5) is 17.0. The molecular weight excluding hydrogens is 383 g/mol. The summed E-state index contributed by atoms with van der Waals surface area (Å²) in [5.41, 5.74) is 6.40. The Morgan fingerprint density at radius 2 is 1.87 bits per heavy atom. The van der Waals surface area contributed by atoms with E-state index < -0.39 is 0 Å². The number of aromatic nitrogens is 1. The Morgan fingerprint density at radius 1 is 1.07 bits per heavy atom. The summed E-state index contributed by atoms with van der Waals surface area (Å²) in [7, 11) is 0. The Hall–Kier alpha value is -4.00. The molecule has 30 heavy (non-hydrogen) atoms. The number of carbonyl (C=O) groups is 1. The maximum atomic E-state index is 13.1. The van der Waals surface area contributed by atoms with Crippen LogP contribution in [0.3, 0.4) is 0 Å². The molecule has 0 radical (unpaired) electrons. The normalized spacial score (nSPS) is 12.6. The number of halogens is 1. The lowest BCUT2D eigenvalue weighted by Gasteiger charge is -2.15. The second-order valence-corrected chi connectivity index (χ2v) is 6.60. The number of rotatable bonds is 6. The molecule has 2 heterocycles. The van der Waals surface area contributed by atoms with Crippen molar-refractivity contribution in [2.24, 2.45) is 5.10 Å². The highest BCUT2D eigenvalue weighted by atomic mass is 19.1. The van der Waals surface area contributed by atoms with Gasteiger partial charge in [0.05, 0.1) is 24.0 Å². The van der Waals surface area contributed by atoms with Crippen molar-refractivity contribution in [2.45, 2.75) is 6.61 Å². The summed E-state index contributed by atoms with van der Waals surface area (Å²) in [5, 5.41) is 6.80. The van der Waals surface area contributed by atoms with Gasteiger partial charge < -0.3 is 15.5 Å². The van der Waals surface area contributed by atoms with E-state index in [2.05, 4.69) is 20.8 Å². The Balaban J connectivity index is 1.62. The Labute approximate surface area is 173 Å². The second kappa shape index (κ2) is 9.00. The van der Waals surface area contributed by atoms with Gasteiger partial charge in [0.1, 0.15) is 18.2 Å². The van der Waals surface area contributed by atoms with Gasteiger partial charge in [-0.15, -0.1) is 0 Å². The summed E-state index contributed by atoms with van der Waals surface area (Å²) in [5.74, 6) is -0.182. The number of ether oxygens (including phenoxy) is 1. The summed E-state index contributed by atoms with van der Waals surface area (Å²) >= 11 is 0. The van der Waals surface area contributed by atoms with E-state index in [9.17, 15) is 9.18 Å². The van der Waals surface area contributed by atoms with Crippen LogP contribution < -0.4 is 15.5 Å². The van der Waals surface area contributed by atoms with Crippen molar-refractivity contribution in [3.63, 3.8) is 0 Å². The number of benzene rings is 2. The molecule has 2 N–H and O–H groups in total. The van der Waals surface area contributed by atoms with Gasteiger partial charge in [0.2, 0.25) is 0 Å². The van der Waals surface area contributed by atoms with Gasteiger partial charge in [-0.25, -0.2) is 4.39 Å². The van der Waals surface area contributed by atoms with E-state index in [-0.39, 0.29) is 18.3 Å². The number of pyridine rings is 1. The number of amides is 1. The lowest BCUT2D eigenvalue weighted by Crippen LogP contribution is -2.27. The summed E-state index contributed by atoms with van der Waals surface area (Å²) in [6.45, 7) is 0.750. The standard InChI is InChI=1S/C23H19FN4O2/c24-19-4-1-16(2-5-19)15-30-22-6-3-18(17-7-10-25-11-8-17)13-21(22)23(29)28-20-9-12-26-27-14-20/h1-11,13-14,26H,12,15H2,(H,28,29). The highest BCUT2D eigenvalue weighted by Gasteiger charge is 2.16. The van der Waals surface area contributed by atoms with Crippen molar-refractivity contribution >= 4 is 12.1 Å². The number of carbonyl (C=O) groups excluding carboxylic acids is 1. The van der Waals surface area contributed by atoms with E-state index in [0.717, 1.165) is 16.7 Å². The topological polar surface area (TPSA) is 75.6 Å². The molecule has 150 valence electrons. The lowest BCUT2D eigenvalue weighted by molar-refractivity contribution is 0.0963. The van der Waals surface area contributed by atoms with E-state index in [0.29, 0.717) is 23.6 Å². The average molecular weight is 402 g/mol. The molecule has 0 bridgehead atoms. The van der Waals surface area contributed by atoms with E-state index in [1.807, 2.05) is 24.3 Å². The summed E-state index contributed by atoms with van der Waals surface area (Å²) in [6.07, 6.45) is 6.78. The third-order valence-electron chi connectivity index (χ3n) is 4.51. The monoisotopic (exact) mass is 402 g/mol. The highest BCUT2D eigenvalue weighted by Crippen LogP contribution is 2.27. The van der Waals surface area contributed by atoms with Gasteiger partial charge in [0.25, 0.3) is 5.91 Å². The van der Waals surface area contributed by atoms with Gasteiger partial charge >= 0.3 is 0 Å². The van der Waals surface area contributed by atoms with Crippen LogP contribution in [0.2, 0.25) is 0 Å². The minimum Gasteiger partial charge on any atom is -0.488 e. The van der Waals surface area contributed by atoms with E-state index in [4.69, 9.17) is 4.74 Å². The first-order valence-corrected chi connectivity index (χ1v) is 9.38. The van der Waals surface area contributed by atoms with Crippen LogP contribution in [-0.2, 0) is 6.61 Å². The van der Waals surface area contributed by atoms with Gasteiger partial charge in [-0.1, -0.05) is 18.2 Å². The maximum Gasteiger partial charge on any atom is 0.259 e. The molecule has 1 aromatic heterocycles. The van der Waals surface area contributed by atoms with Crippen molar-refractivity contribution in [1.82, 2.24) is 15.7 Å². The van der Waals surface area contributed by atoms with Crippen molar-refractivity contribution in [2.75, 3.05) is 6.54 Å². The van der Waals surface area contributed by atoms with E-state index in [1.165, 1.54) is 12.1 Å². The molecular formula is C23H19FN4O2. The fourth-order valence-electron chi connectivity index (χ4n) is 2.96. The molecule has 0 fully saturated rings. The van der Waals surface area contributed by atoms with Crippen LogP contribution in [0, 0.1) is 5.82 Å². The van der Waals surface area contributed by atoms with Crippen LogP contribution in [-0.4, -0.2) is 23.7 Å². The second-order valence-electron chi connectivity index (χ2n) is 6.60. The Kier molecular flexibility index (Phi) is 5.80. The van der Waals surface area contributed by atoms with Gasteiger partial charge in [-0.2, -0.15) is 5.10 Å². The van der Waals surface area contributed by atoms with E-state index in [1.54, 1.807) is 42.9 Å². The van der Waals surface area contributed by atoms with Gasteiger partial charge in [-0.3, -0.25) is 9.78 Å². The molecule has 0 spiro atoms. The zero-order chi connectivity index (χ0) is 20.8. The molecule has 0 atom stereocenters. The number of hydrazone groups is 1. The third kappa shape index (κ3) is 4.70. The van der Waals surface area contributed by atoms with Gasteiger partial charge in [-0.05, 0) is 59.2 Å². The Morgan fingerprint density at radius 3 is 2.60 bits per heavy atom. The smallest absolute Gasteiger partial charge is 0.259 e. The van der Waals surface area contributed by atoms with Crippen LogP contribution in [0.25, 0.3) is 11.1 Å². The quantitative estimate of drug-likeness (QED) is 0.660. The maximum absolute atomic E-state index is 13.1. The van der Waals surface area contributed by atoms with Crippen LogP contribution in [0.4, 0.5) is 4.39 Å². The number of hydrogen-bond acceptors (Lipinski definition) is 5. The SMILES string of the molecule is O=C(NC1=CCNN=C1)c1cc(-c2ccncc2)ccc1OCc1ccc(F)cc1. The zero-order valence-electron chi connectivity index (χ0n) is 16.0. The van der Waals surface area contributed by atoms with Crippen molar-refractivity contribution in [3.8, 4) is 16.9 Å². The van der Waals surface area contributed by atoms with Crippen LogP contribution >= 0.6 is 0 Å². The third-order valence-corrected chi connectivity index (χ3v) is 4.51. The molecule has 6 nitrogen and oxygen atoms in total. The number of allylic oxidation sites excluding steroid dienone is 1. The van der Waals surface area contributed by atoms with Gasteiger partial charge in [0, 0.05) is 12.4 Å². The predicted octanol–water partition coefficient (Wildman–Crippen LogP) is 3.67. The lowest BCUT2D eigenvalue weighted by atomic mass is 10.0. The molecule has 1 aliphatic rings. The molecule has 7 heteroatoms. The van der Waals surface area contributed by atoms with Crippen LogP contribution in [0.1, 0.15) is 15.9 Å². The molecule has 0 saturated heterocycles. The van der Waals surface area contributed by atoms with Crippen LogP contribution in [0.5, 0.6) is 5.75 Å². The molecule has 4 rings (SSSR count). The summed E-state index contributed by atoms with van der Waals surface area (Å²) in [6, 6.07) is 15.2. The molecule has 2 aromatic carbocycles. The molecule has 1 aliphatic heterocycles. The fraction of sp³-hybridized carbons (Fsp3) is 0.0870. The first-order valence-electron chi connectivity index (χ1n) is 9.38. The zero-order valence-corrected chi connectivity index (χ0v) is 16.0. The molecule has 0 saturated carbocycles. The van der Waals surface area contributed by atoms with E-state index >= 15 is 0 Å². The Bertz CT molecular complexity index is 1100. The number of nitrogens with zero attached hydrogens (tertiary/aromatic N) is 2. The number of nitrogens with one attached hydrogen (secondary N) is 2. The molecule has 3 aromatic rings. The first kappa shape index (κ1) is 19.3. The van der Waals surface area contributed by atoms with Gasteiger partial charge in [0.15, 0.2) is 0 Å². The molecule has 1 amide bonds. The first-order chi connectivity index (χ1) is 14.7. The highest BCUT2D eigenvalue weighted by molar-refractivity contribution is 6.02.